The maximum absolute atomic E-state index is 12.7. The first-order valence-electron chi connectivity index (χ1n) is 8.17. The fourth-order valence-electron chi connectivity index (χ4n) is 2.23. The van der Waals surface area contributed by atoms with Crippen LogP contribution in [0.25, 0.3) is 0 Å². The van der Waals surface area contributed by atoms with Crippen LogP contribution in [0, 0.1) is 10.1 Å². The van der Waals surface area contributed by atoms with Gasteiger partial charge in [-0.3, -0.25) is 19.7 Å². The van der Waals surface area contributed by atoms with Crippen molar-refractivity contribution >= 4 is 23.6 Å². The smallest absolute Gasteiger partial charge is 0.356 e. The van der Waals surface area contributed by atoms with Gasteiger partial charge in [-0.05, 0) is 33.8 Å². The molecule has 0 fully saturated rings. The highest BCUT2D eigenvalue weighted by atomic mass is 16.6. The van der Waals surface area contributed by atoms with E-state index in [1.165, 1.54) is 6.92 Å². The van der Waals surface area contributed by atoms with Crippen molar-refractivity contribution in [1.82, 2.24) is 4.98 Å². The zero-order valence-electron chi connectivity index (χ0n) is 16.4. The molecule has 1 unspecified atom stereocenters. The monoisotopic (exact) mass is 398 g/mol. The van der Waals surface area contributed by atoms with Gasteiger partial charge in [0.25, 0.3) is 5.88 Å². The molecule has 1 aromatic rings. The molecule has 0 aliphatic heterocycles. The predicted octanol–water partition coefficient (Wildman–Crippen LogP) is 1.77. The zero-order valence-corrected chi connectivity index (χ0v) is 16.4. The molecular formula is C17H22N2O9. The molecule has 28 heavy (non-hydrogen) atoms. The Morgan fingerprint density at radius 3 is 2.25 bits per heavy atom. The summed E-state index contributed by atoms with van der Waals surface area (Å²) in [5.74, 6) is -5.51. The summed E-state index contributed by atoms with van der Waals surface area (Å²) in [4.78, 5) is 51.5. The highest BCUT2D eigenvalue weighted by Gasteiger charge is 2.41. The normalized spacial score (nSPS) is 11.9. The number of carbonyl (C=O) groups excluding carboxylic acids is 3. The van der Waals surface area contributed by atoms with E-state index in [1.54, 1.807) is 20.8 Å². The summed E-state index contributed by atoms with van der Waals surface area (Å²) in [5.41, 5.74) is -2.60. The number of rotatable bonds is 7. The maximum Gasteiger partial charge on any atom is 0.356 e. The fraction of sp³-hybridized carbons (Fsp3) is 0.529. The minimum absolute atomic E-state index is 0.0853. The molecule has 1 atom stereocenters. The van der Waals surface area contributed by atoms with Gasteiger partial charge in [-0.2, -0.15) is 0 Å². The molecule has 0 N–H and O–H groups in total. The highest BCUT2D eigenvalue weighted by Crippen LogP contribution is 2.36. The molecule has 0 saturated heterocycles. The van der Waals surface area contributed by atoms with Crippen molar-refractivity contribution in [2.24, 2.45) is 0 Å². The van der Waals surface area contributed by atoms with Crippen LogP contribution in [0.5, 0.6) is 5.88 Å². The van der Waals surface area contributed by atoms with Crippen molar-refractivity contribution in [1.29, 1.82) is 0 Å². The first-order valence-corrected chi connectivity index (χ1v) is 8.17. The van der Waals surface area contributed by atoms with E-state index < -0.39 is 57.2 Å². The number of pyridine rings is 1. The summed E-state index contributed by atoms with van der Waals surface area (Å²) in [6, 6.07) is 0.915. The highest BCUT2D eigenvalue weighted by molar-refractivity contribution is 6.02. The molecule has 0 amide bonds. The molecule has 0 aliphatic carbocycles. The number of esters is 3. The molecule has 11 heteroatoms. The van der Waals surface area contributed by atoms with E-state index >= 15 is 0 Å². The van der Waals surface area contributed by atoms with Gasteiger partial charge >= 0.3 is 23.6 Å². The zero-order chi connectivity index (χ0) is 21.6. The van der Waals surface area contributed by atoms with Crippen LogP contribution >= 0.6 is 0 Å². The van der Waals surface area contributed by atoms with Crippen LogP contribution in [0.2, 0.25) is 0 Å². The molecule has 0 aromatic carbocycles. The Hall–Kier alpha value is -3.24. The van der Waals surface area contributed by atoms with Crippen LogP contribution in [0.15, 0.2) is 6.07 Å². The van der Waals surface area contributed by atoms with Gasteiger partial charge in [-0.15, -0.1) is 0 Å². The largest absolute Gasteiger partial charge is 0.476 e. The third-order valence-corrected chi connectivity index (χ3v) is 3.24. The summed E-state index contributed by atoms with van der Waals surface area (Å²) in [5, 5.41) is 11.6. The SMILES string of the molecule is CCOC(=O)C(C(=O)OC(C)(C)C)c1cc(C(=O)OC)nc(OC)c1[N+](=O)[O-]. The lowest BCUT2D eigenvalue weighted by Gasteiger charge is -2.23. The third-order valence-electron chi connectivity index (χ3n) is 3.24. The Morgan fingerprint density at radius 2 is 1.82 bits per heavy atom. The van der Waals surface area contributed by atoms with Crippen molar-refractivity contribution < 1.29 is 38.3 Å². The van der Waals surface area contributed by atoms with Gasteiger partial charge in [0, 0.05) is 0 Å². The Morgan fingerprint density at radius 1 is 1.21 bits per heavy atom. The molecule has 1 rings (SSSR count). The molecule has 1 aromatic heterocycles. The summed E-state index contributed by atoms with van der Waals surface area (Å²) in [6.07, 6.45) is 0. The molecular weight excluding hydrogens is 376 g/mol. The summed E-state index contributed by atoms with van der Waals surface area (Å²) < 4.78 is 19.6. The molecule has 0 aliphatic rings. The quantitative estimate of drug-likeness (QED) is 0.219. The number of nitro groups is 1. The minimum Gasteiger partial charge on any atom is -0.476 e. The van der Waals surface area contributed by atoms with Crippen LogP contribution in [-0.4, -0.2) is 54.2 Å². The summed E-state index contributed by atoms with van der Waals surface area (Å²) >= 11 is 0. The van der Waals surface area contributed by atoms with Gasteiger partial charge in [0.05, 0.1) is 31.3 Å². The Balaban J connectivity index is 3.77. The maximum atomic E-state index is 12.7. The second-order valence-electron chi connectivity index (χ2n) is 6.42. The molecule has 11 nitrogen and oxygen atoms in total. The minimum atomic E-state index is -1.83. The Kier molecular flexibility index (Phi) is 7.42. The standard InChI is InChI=1S/C17H22N2O9/c1-7-27-15(21)11(16(22)28-17(2,3)4)9-8-10(14(20)26-6)18-13(25-5)12(9)19(23)24/h8,11H,7H2,1-6H3. The summed E-state index contributed by atoms with van der Waals surface area (Å²) in [7, 11) is 2.17. The number of ether oxygens (including phenoxy) is 4. The van der Waals surface area contributed by atoms with Crippen molar-refractivity contribution in [2.45, 2.75) is 39.2 Å². The van der Waals surface area contributed by atoms with E-state index in [2.05, 4.69) is 9.72 Å². The van der Waals surface area contributed by atoms with Crippen LogP contribution in [-0.2, 0) is 23.8 Å². The van der Waals surface area contributed by atoms with Crippen LogP contribution < -0.4 is 4.74 Å². The lowest BCUT2D eigenvalue weighted by atomic mass is 9.96. The van der Waals surface area contributed by atoms with Crippen molar-refractivity contribution in [3.8, 4) is 5.88 Å². The number of methoxy groups -OCH3 is 2. The van der Waals surface area contributed by atoms with Crippen LogP contribution in [0.1, 0.15) is 49.7 Å². The van der Waals surface area contributed by atoms with Gasteiger partial charge in [0.1, 0.15) is 5.60 Å². The van der Waals surface area contributed by atoms with Crippen molar-refractivity contribution in [2.75, 3.05) is 20.8 Å². The molecule has 1 heterocycles. The van der Waals surface area contributed by atoms with Crippen molar-refractivity contribution in [3.05, 3.63) is 27.4 Å². The predicted molar refractivity (Wildman–Crippen MR) is 94.0 cm³/mol. The van der Waals surface area contributed by atoms with Gasteiger partial charge in [0.15, 0.2) is 11.6 Å². The number of hydrogen-bond donors (Lipinski definition) is 0. The fourth-order valence-corrected chi connectivity index (χ4v) is 2.23. The molecule has 154 valence electrons. The van der Waals surface area contributed by atoms with Gasteiger partial charge < -0.3 is 18.9 Å². The van der Waals surface area contributed by atoms with E-state index in [0.717, 1.165) is 20.3 Å². The molecule has 0 spiro atoms. The Bertz CT molecular complexity index is 784. The van der Waals surface area contributed by atoms with Gasteiger partial charge in [0.2, 0.25) is 0 Å². The number of carbonyl (C=O) groups is 3. The lowest BCUT2D eigenvalue weighted by molar-refractivity contribution is -0.387. The number of nitrogens with zero attached hydrogens (tertiary/aromatic N) is 2. The molecule has 0 bridgehead atoms. The number of aromatic nitrogens is 1. The van der Waals surface area contributed by atoms with E-state index in [9.17, 15) is 24.5 Å². The van der Waals surface area contributed by atoms with E-state index in [0.29, 0.717) is 0 Å². The van der Waals surface area contributed by atoms with Crippen molar-refractivity contribution in [3.63, 3.8) is 0 Å². The van der Waals surface area contributed by atoms with E-state index in [4.69, 9.17) is 14.2 Å². The number of hydrogen-bond acceptors (Lipinski definition) is 10. The van der Waals surface area contributed by atoms with Gasteiger partial charge in [-0.1, -0.05) is 0 Å². The van der Waals surface area contributed by atoms with Crippen LogP contribution in [0.4, 0.5) is 5.69 Å². The van der Waals surface area contributed by atoms with Gasteiger partial charge in [-0.25, -0.2) is 9.78 Å². The van der Waals surface area contributed by atoms with E-state index in [-0.39, 0.29) is 6.61 Å². The summed E-state index contributed by atoms with van der Waals surface area (Å²) in [6.45, 7) is 6.11. The van der Waals surface area contributed by atoms with Crippen LogP contribution in [0.3, 0.4) is 0 Å². The average molecular weight is 398 g/mol. The Labute approximate surface area is 161 Å². The molecule has 0 radical (unpaired) electrons. The average Bonchev–Trinajstić information content (AvgIpc) is 2.58. The second kappa shape index (κ2) is 9.11. The second-order valence-corrected chi connectivity index (χ2v) is 6.42. The lowest BCUT2D eigenvalue weighted by Crippen LogP contribution is -2.33. The topological polar surface area (TPSA) is 144 Å². The molecule has 0 saturated carbocycles. The first-order chi connectivity index (χ1) is 13.0. The van der Waals surface area contributed by atoms with E-state index in [1.807, 2.05) is 0 Å². The first kappa shape index (κ1) is 22.8. The third kappa shape index (κ3) is 5.38.